The molecule has 3 N–H and O–H groups in total. The number of sulfonamides is 1. The summed E-state index contributed by atoms with van der Waals surface area (Å²) in [6.07, 6.45) is 0.612. The minimum atomic E-state index is -4.14. The zero-order valence-corrected chi connectivity index (χ0v) is 23.4. The molecular weight excluding hydrogens is 581 g/mol. The molecule has 0 radical (unpaired) electrons. The van der Waals surface area contributed by atoms with Gasteiger partial charge in [0, 0.05) is 29.9 Å². The van der Waals surface area contributed by atoms with Crippen LogP contribution in [0.4, 0.5) is 18.9 Å². The molecule has 2 saturated carbocycles. The number of amides is 1. The molecule has 14 heteroatoms. The Morgan fingerprint density at radius 3 is 2.33 bits per heavy atom. The van der Waals surface area contributed by atoms with E-state index in [0.717, 1.165) is 6.07 Å². The molecule has 8 nitrogen and oxygen atoms in total. The van der Waals surface area contributed by atoms with Crippen LogP contribution in [0.1, 0.15) is 43.5 Å². The number of benzene rings is 2. The fraction of sp³-hybridized carbons (Fsp3) is 0.480. The minimum absolute atomic E-state index is 0.0558. The molecule has 1 amide bonds. The molecule has 214 valence electrons. The van der Waals surface area contributed by atoms with E-state index in [4.69, 9.17) is 11.6 Å². The Hall–Kier alpha value is -2.19. The van der Waals surface area contributed by atoms with Gasteiger partial charge in [-0.2, -0.15) is 0 Å². The average Bonchev–Trinajstić information content (AvgIpc) is 3.08. The lowest BCUT2D eigenvalue weighted by Gasteiger charge is -2.41. The van der Waals surface area contributed by atoms with Gasteiger partial charge in [-0.25, -0.2) is 34.7 Å². The summed E-state index contributed by atoms with van der Waals surface area (Å²) in [5, 5.41) is 12.3. The van der Waals surface area contributed by atoms with Crippen LogP contribution < -0.4 is 10.0 Å². The van der Waals surface area contributed by atoms with Crippen LogP contribution in [-0.2, 0) is 19.9 Å². The van der Waals surface area contributed by atoms with Crippen LogP contribution in [0.25, 0.3) is 0 Å². The van der Waals surface area contributed by atoms with Crippen LogP contribution >= 0.6 is 11.6 Å². The Morgan fingerprint density at radius 1 is 1.10 bits per heavy atom. The molecule has 2 aliphatic carbocycles. The summed E-state index contributed by atoms with van der Waals surface area (Å²) in [6.45, 7) is 3.12. The van der Waals surface area contributed by atoms with Crippen LogP contribution in [0, 0.1) is 35.2 Å². The number of hydrogen-bond donors (Lipinski definition) is 3. The molecule has 2 aromatic rings. The molecule has 0 spiro atoms. The molecule has 2 unspecified atom stereocenters. The van der Waals surface area contributed by atoms with Crippen LogP contribution in [0.2, 0.25) is 5.02 Å². The number of fused-ring (bicyclic) bond motifs is 2. The van der Waals surface area contributed by atoms with Gasteiger partial charge in [0.25, 0.3) is 5.91 Å². The second kappa shape index (κ2) is 10.7. The maximum atomic E-state index is 13.9. The zero-order chi connectivity index (χ0) is 28.9. The molecule has 5 atom stereocenters. The van der Waals surface area contributed by atoms with Crippen LogP contribution in [-0.4, -0.2) is 51.0 Å². The van der Waals surface area contributed by atoms with Crippen molar-refractivity contribution in [1.82, 2.24) is 4.72 Å². The molecule has 2 fully saturated rings. The summed E-state index contributed by atoms with van der Waals surface area (Å²) in [4.78, 5) is 12.5. The number of carbonyl (C=O) groups excluding carboxylic acids is 1. The highest BCUT2D eigenvalue weighted by molar-refractivity contribution is 7.92. The van der Waals surface area contributed by atoms with E-state index in [1.807, 2.05) is 6.92 Å². The van der Waals surface area contributed by atoms with Gasteiger partial charge in [-0.1, -0.05) is 18.5 Å². The lowest BCUT2D eigenvalue weighted by molar-refractivity contribution is -0.0160. The van der Waals surface area contributed by atoms with Gasteiger partial charge in [0.1, 0.15) is 0 Å². The second-order valence-corrected chi connectivity index (χ2v) is 14.9. The fourth-order valence-electron chi connectivity index (χ4n) is 5.80. The van der Waals surface area contributed by atoms with Crippen molar-refractivity contribution in [3.8, 4) is 0 Å². The van der Waals surface area contributed by atoms with Crippen molar-refractivity contribution in [1.29, 1.82) is 0 Å². The predicted molar refractivity (Wildman–Crippen MR) is 139 cm³/mol. The summed E-state index contributed by atoms with van der Waals surface area (Å²) in [7, 11) is -7.70. The summed E-state index contributed by atoms with van der Waals surface area (Å²) in [5.41, 5.74) is -1.95. The first-order chi connectivity index (χ1) is 18.1. The summed E-state index contributed by atoms with van der Waals surface area (Å²) in [6, 6.07) is 4.71. The standard InChI is InChI=1S/C25H28ClF3N2O6S2/c1-3-38(34,35)30-12-25(33)10-15-6-13(2)17(11-25)23(15)39(36,37)21-7-14(4-5-18(21)26)24(32)31-16-8-19(27)22(29)20(28)9-16/h4-5,7-9,13,15,17,23,30,33H,3,6,10-12H2,1-2H3,(H,31,32)/t13-,15?,17?,23+,25-/m0/s1. The number of aliphatic hydroxyl groups is 1. The third-order valence-corrected chi connectivity index (χ3v) is 11.8. The van der Waals surface area contributed by atoms with Crippen LogP contribution in [0.3, 0.4) is 0 Å². The van der Waals surface area contributed by atoms with Gasteiger partial charge in [-0.3, -0.25) is 4.79 Å². The Morgan fingerprint density at radius 2 is 1.74 bits per heavy atom. The molecule has 4 rings (SSSR count). The minimum Gasteiger partial charge on any atom is -0.389 e. The largest absolute Gasteiger partial charge is 0.389 e. The van der Waals surface area contributed by atoms with Crippen molar-refractivity contribution in [2.45, 2.75) is 48.9 Å². The molecule has 2 bridgehead atoms. The predicted octanol–water partition coefficient (Wildman–Crippen LogP) is 3.89. The topological polar surface area (TPSA) is 130 Å². The van der Waals surface area contributed by atoms with E-state index in [1.165, 1.54) is 19.1 Å². The fourth-order valence-corrected chi connectivity index (χ4v) is 9.40. The van der Waals surface area contributed by atoms with Gasteiger partial charge in [0.2, 0.25) is 10.0 Å². The number of halogens is 4. The van der Waals surface area contributed by atoms with Gasteiger partial charge in [0.05, 0.1) is 26.5 Å². The summed E-state index contributed by atoms with van der Waals surface area (Å²) in [5.74, 6) is -6.83. The second-order valence-electron chi connectivity index (χ2n) is 10.4. The molecule has 0 aromatic heterocycles. The van der Waals surface area contributed by atoms with Gasteiger partial charge < -0.3 is 10.4 Å². The Bertz CT molecular complexity index is 1500. The smallest absolute Gasteiger partial charge is 0.255 e. The molecule has 2 aromatic carbocycles. The quantitative estimate of drug-likeness (QED) is 0.390. The van der Waals surface area contributed by atoms with E-state index < -0.39 is 65.9 Å². The van der Waals surface area contributed by atoms with Crippen molar-refractivity contribution in [2.24, 2.45) is 17.8 Å². The van der Waals surface area contributed by atoms with Crippen LogP contribution in [0.15, 0.2) is 35.2 Å². The number of sulfone groups is 1. The molecular formula is C25H28ClF3N2O6S2. The first kappa shape index (κ1) is 29.8. The Balaban J connectivity index is 1.60. The number of carbonyl (C=O) groups is 1. The summed E-state index contributed by atoms with van der Waals surface area (Å²) < 4.78 is 94.3. The highest BCUT2D eigenvalue weighted by Crippen LogP contribution is 2.53. The van der Waals surface area contributed by atoms with E-state index in [9.17, 15) is 39.9 Å². The van der Waals surface area contributed by atoms with E-state index in [-0.39, 0.29) is 52.2 Å². The average molecular weight is 609 g/mol. The highest BCUT2D eigenvalue weighted by atomic mass is 35.5. The van der Waals surface area contributed by atoms with Crippen molar-refractivity contribution >= 4 is 43.1 Å². The van der Waals surface area contributed by atoms with E-state index >= 15 is 0 Å². The number of anilines is 1. The van der Waals surface area contributed by atoms with E-state index in [0.29, 0.717) is 18.6 Å². The SMILES string of the molecule is CCS(=O)(=O)NC[C@]1(O)CC2C[C@H](C)C(C1)[C@@H]2S(=O)(=O)c1cc(C(=O)Nc2cc(F)c(F)c(F)c2)ccc1Cl. The Labute approximate surface area is 229 Å². The first-order valence-electron chi connectivity index (χ1n) is 12.3. The van der Waals surface area contributed by atoms with Crippen molar-refractivity contribution in [3.63, 3.8) is 0 Å². The third kappa shape index (κ3) is 5.97. The molecule has 0 aliphatic heterocycles. The maximum Gasteiger partial charge on any atom is 0.255 e. The zero-order valence-electron chi connectivity index (χ0n) is 21.0. The highest BCUT2D eigenvalue weighted by Gasteiger charge is 2.57. The number of rotatable bonds is 8. The normalized spacial score (nSPS) is 26.9. The first-order valence-corrected chi connectivity index (χ1v) is 15.8. The number of hydrogen-bond acceptors (Lipinski definition) is 6. The van der Waals surface area contributed by atoms with Gasteiger partial charge in [-0.15, -0.1) is 0 Å². The third-order valence-electron chi connectivity index (χ3n) is 7.65. The lowest BCUT2D eigenvalue weighted by atomic mass is 9.76. The van der Waals surface area contributed by atoms with Gasteiger partial charge >= 0.3 is 0 Å². The van der Waals surface area contributed by atoms with E-state index in [2.05, 4.69) is 10.0 Å². The van der Waals surface area contributed by atoms with Crippen molar-refractivity contribution in [3.05, 3.63) is 58.4 Å². The van der Waals surface area contributed by atoms with E-state index in [1.54, 1.807) is 0 Å². The maximum absolute atomic E-state index is 13.9. The molecule has 0 saturated heterocycles. The molecule has 39 heavy (non-hydrogen) atoms. The molecule has 2 aliphatic rings. The van der Waals surface area contributed by atoms with Gasteiger partial charge in [-0.05, 0) is 62.1 Å². The number of nitrogens with one attached hydrogen (secondary N) is 2. The van der Waals surface area contributed by atoms with Crippen molar-refractivity contribution in [2.75, 3.05) is 17.6 Å². The van der Waals surface area contributed by atoms with Crippen molar-refractivity contribution < 1.29 is 39.9 Å². The monoisotopic (exact) mass is 608 g/mol. The lowest BCUT2D eigenvalue weighted by Crippen LogP contribution is -2.52. The molecule has 0 heterocycles. The Kier molecular flexibility index (Phi) is 8.14. The summed E-state index contributed by atoms with van der Waals surface area (Å²) >= 11 is 6.27. The van der Waals surface area contributed by atoms with Gasteiger partial charge in [0.15, 0.2) is 27.3 Å². The van der Waals surface area contributed by atoms with Crippen LogP contribution in [0.5, 0.6) is 0 Å².